The van der Waals surface area contributed by atoms with Crippen LogP contribution in [0.15, 0.2) is 54.6 Å². The molecule has 0 radical (unpaired) electrons. The van der Waals surface area contributed by atoms with Crippen molar-refractivity contribution in [2.24, 2.45) is 5.73 Å². The molecular weight excluding hydrogens is 350 g/mol. The van der Waals surface area contributed by atoms with Gasteiger partial charge in [-0.25, -0.2) is 9.67 Å². The molecule has 4 rings (SSSR count). The topological polar surface area (TPSA) is 77.0 Å². The SMILES string of the molecule is Cc1ccccc1-n1nc(-c2ccccc2)nc1[C@H]1CCCN(CC(N)=O)C1. The smallest absolute Gasteiger partial charge is 0.231 e. The van der Waals surface area contributed by atoms with Gasteiger partial charge >= 0.3 is 0 Å². The van der Waals surface area contributed by atoms with Crippen molar-refractivity contribution in [2.75, 3.05) is 19.6 Å². The number of likely N-dealkylation sites (tertiary alicyclic amines) is 1. The summed E-state index contributed by atoms with van der Waals surface area (Å²) in [5.74, 6) is 1.59. The molecule has 1 saturated heterocycles. The van der Waals surface area contributed by atoms with Crippen molar-refractivity contribution in [3.05, 3.63) is 66.0 Å². The van der Waals surface area contributed by atoms with E-state index in [0.717, 1.165) is 54.4 Å². The highest BCUT2D eigenvalue weighted by atomic mass is 16.1. The Bertz CT molecular complexity index is 966. The molecular formula is C22H25N5O. The average molecular weight is 375 g/mol. The van der Waals surface area contributed by atoms with Crippen LogP contribution in [0.2, 0.25) is 0 Å². The Hall–Kier alpha value is -2.99. The molecule has 2 heterocycles. The zero-order chi connectivity index (χ0) is 19.5. The van der Waals surface area contributed by atoms with E-state index in [1.807, 2.05) is 47.1 Å². The quantitative estimate of drug-likeness (QED) is 0.744. The van der Waals surface area contributed by atoms with Crippen LogP contribution in [0.4, 0.5) is 0 Å². The van der Waals surface area contributed by atoms with Crippen LogP contribution >= 0.6 is 0 Å². The van der Waals surface area contributed by atoms with Gasteiger partial charge in [0.05, 0.1) is 12.2 Å². The molecule has 144 valence electrons. The fourth-order valence-electron chi connectivity index (χ4n) is 3.91. The molecule has 0 unspecified atom stereocenters. The molecule has 0 saturated carbocycles. The largest absolute Gasteiger partial charge is 0.369 e. The van der Waals surface area contributed by atoms with Crippen molar-refractivity contribution >= 4 is 5.91 Å². The Morgan fingerprint density at radius 1 is 1.14 bits per heavy atom. The molecule has 6 nitrogen and oxygen atoms in total. The number of aromatic nitrogens is 3. The second-order valence-corrected chi connectivity index (χ2v) is 7.40. The first kappa shape index (κ1) is 18.4. The maximum Gasteiger partial charge on any atom is 0.231 e. The Kier molecular flexibility index (Phi) is 5.21. The Labute approximate surface area is 165 Å². The monoisotopic (exact) mass is 375 g/mol. The van der Waals surface area contributed by atoms with Crippen LogP contribution < -0.4 is 5.73 Å². The molecule has 1 aliphatic heterocycles. The van der Waals surface area contributed by atoms with Crippen LogP contribution in [0, 0.1) is 6.92 Å². The lowest BCUT2D eigenvalue weighted by atomic mass is 9.97. The molecule has 1 amide bonds. The number of para-hydroxylation sites is 1. The van der Waals surface area contributed by atoms with Crippen molar-refractivity contribution in [3.8, 4) is 17.1 Å². The first-order chi connectivity index (χ1) is 13.6. The summed E-state index contributed by atoms with van der Waals surface area (Å²) < 4.78 is 1.98. The summed E-state index contributed by atoms with van der Waals surface area (Å²) in [6, 6.07) is 18.3. The van der Waals surface area contributed by atoms with Crippen LogP contribution in [0.3, 0.4) is 0 Å². The van der Waals surface area contributed by atoms with Gasteiger partial charge in [-0.2, -0.15) is 0 Å². The second kappa shape index (κ2) is 7.94. The molecule has 1 aromatic heterocycles. The third-order valence-electron chi connectivity index (χ3n) is 5.26. The molecule has 0 spiro atoms. The number of hydrogen-bond donors (Lipinski definition) is 1. The number of rotatable bonds is 5. The van der Waals surface area contributed by atoms with Gasteiger partial charge in [0.15, 0.2) is 5.82 Å². The van der Waals surface area contributed by atoms with Crippen molar-refractivity contribution in [3.63, 3.8) is 0 Å². The van der Waals surface area contributed by atoms with Gasteiger partial charge in [0.25, 0.3) is 0 Å². The van der Waals surface area contributed by atoms with Crippen LogP contribution in [0.25, 0.3) is 17.1 Å². The summed E-state index contributed by atoms with van der Waals surface area (Å²) in [6.45, 7) is 4.04. The average Bonchev–Trinajstić information content (AvgIpc) is 3.14. The van der Waals surface area contributed by atoms with Gasteiger partial charge in [-0.05, 0) is 37.9 Å². The summed E-state index contributed by atoms with van der Waals surface area (Å²) in [7, 11) is 0. The molecule has 0 bridgehead atoms. The summed E-state index contributed by atoms with van der Waals surface area (Å²) >= 11 is 0. The minimum absolute atomic E-state index is 0.206. The molecule has 6 heteroatoms. The van der Waals surface area contributed by atoms with Gasteiger partial charge in [-0.1, -0.05) is 48.5 Å². The highest BCUT2D eigenvalue weighted by Gasteiger charge is 2.28. The molecule has 28 heavy (non-hydrogen) atoms. The number of nitrogens with zero attached hydrogens (tertiary/aromatic N) is 4. The number of nitrogens with two attached hydrogens (primary N) is 1. The van der Waals surface area contributed by atoms with E-state index in [4.69, 9.17) is 15.8 Å². The fraction of sp³-hybridized carbons (Fsp3) is 0.318. The van der Waals surface area contributed by atoms with E-state index in [2.05, 4.69) is 24.0 Å². The number of amides is 1. The first-order valence-corrected chi connectivity index (χ1v) is 9.71. The number of hydrogen-bond acceptors (Lipinski definition) is 4. The van der Waals surface area contributed by atoms with Gasteiger partial charge in [-0.3, -0.25) is 9.69 Å². The van der Waals surface area contributed by atoms with E-state index in [1.54, 1.807) is 0 Å². The first-order valence-electron chi connectivity index (χ1n) is 9.71. The van der Waals surface area contributed by atoms with Crippen LogP contribution in [-0.4, -0.2) is 45.2 Å². The zero-order valence-corrected chi connectivity index (χ0v) is 16.1. The molecule has 1 atom stereocenters. The number of primary amides is 1. The third-order valence-corrected chi connectivity index (χ3v) is 5.26. The Morgan fingerprint density at radius 3 is 2.64 bits per heavy atom. The van der Waals surface area contributed by atoms with Gasteiger partial charge in [0.2, 0.25) is 5.91 Å². The molecule has 2 aromatic carbocycles. The van der Waals surface area contributed by atoms with Crippen LogP contribution in [-0.2, 0) is 4.79 Å². The molecule has 3 aromatic rings. The molecule has 0 aliphatic carbocycles. The summed E-state index contributed by atoms with van der Waals surface area (Å²) in [5, 5.41) is 4.87. The summed E-state index contributed by atoms with van der Waals surface area (Å²) in [6.07, 6.45) is 2.04. The van der Waals surface area contributed by atoms with Crippen molar-refractivity contribution < 1.29 is 4.79 Å². The highest BCUT2D eigenvalue weighted by molar-refractivity contribution is 5.75. The number of piperidine rings is 1. The van der Waals surface area contributed by atoms with Crippen molar-refractivity contribution in [1.29, 1.82) is 0 Å². The summed E-state index contributed by atoms with van der Waals surface area (Å²) in [5.41, 5.74) is 8.61. The van der Waals surface area contributed by atoms with Crippen LogP contribution in [0.1, 0.15) is 30.1 Å². The van der Waals surface area contributed by atoms with E-state index in [-0.39, 0.29) is 11.8 Å². The van der Waals surface area contributed by atoms with E-state index in [1.165, 1.54) is 0 Å². The summed E-state index contributed by atoms with van der Waals surface area (Å²) in [4.78, 5) is 18.4. The van der Waals surface area contributed by atoms with E-state index < -0.39 is 0 Å². The van der Waals surface area contributed by atoms with E-state index in [9.17, 15) is 4.79 Å². The predicted molar refractivity (Wildman–Crippen MR) is 109 cm³/mol. The zero-order valence-electron chi connectivity index (χ0n) is 16.1. The van der Waals surface area contributed by atoms with E-state index in [0.29, 0.717) is 6.54 Å². The standard InChI is InChI=1S/C22H25N5O/c1-16-8-5-6-12-19(16)27-22(18-11-7-13-26(14-18)15-20(23)28)24-21(25-27)17-9-3-2-4-10-17/h2-6,8-10,12,18H,7,11,13-15H2,1H3,(H2,23,28)/t18-/m0/s1. The van der Waals surface area contributed by atoms with E-state index >= 15 is 0 Å². The molecule has 1 fully saturated rings. The van der Waals surface area contributed by atoms with Crippen molar-refractivity contribution in [2.45, 2.75) is 25.7 Å². The second-order valence-electron chi connectivity index (χ2n) is 7.40. The number of benzene rings is 2. The van der Waals surface area contributed by atoms with Crippen molar-refractivity contribution in [1.82, 2.24) is 19.7 Å². The van der Waals surface area contributed by atoms with Gasteiger partial charge < -0.3 is 5.73 Å². The lowest BCUT2D eigenvalue weighted by Gasteiger charge is -2.31. The lowest BCUT2D eigenvalue weighted by Crippen LogP contribution is -2.40. The van der Waals surface area contributed by atoms with Crippen LogP contribution in [0.5, 0.6) is 0 Å². The number of aryl methyl sites for hydroxylation is 1. The maximum absolute atomic E-state index is 11.4. The minimum Gasteiger partial charge on any atom is -0.369 e. The van der Waals surface area contributed by atoms with Gasteiger partial charge in [0.1, 0.15) is 5.82 Å². The van der Waals surface area contributed by atoms with Gasteiger partial charge in [0, 0.05) is 18.0 Å². The number of carbonyl (C=O) groups is 1. The Morgan fingerprint density at radius 2 is 1.89 bits per heavy atom. The normalized spacial score (nSPS) is 17.5. The van der Waals surface area contributed by atoms with Gasteiger partial charge in [-0.15, -0.1) is 5.10 Å². The molecule has 1 aliphatic rings. The maximum atomic E-state index is 11.4. The predicted octanol–water partition coefficient (Wildman–Crippen LogP) is 2.91. The number of carbonyl (C=O) groups excluding carboxylic acids is 1. The molecule has 2 N–H and O–H groups in total. The Balaban J connectivity index is 1.75. The minimum atomic E-state index is -0.286. The highest BCUT2D eigenvalue weighted by Crippen LogP contribution is 2.30. The third kappa shape index (κ3) is 3.82. The fourth-order valence-corrected chi connectivity index (χ4v) is 3.91. The lowest BCUT2D eigenvalue weighted by molar-refractivity contribution is -0.119.